The van der Waals surface area contributed by atoms with Crippen LogP contribution in [0.4, 0.5) is 0 Å². The molecule has 4 heterocycles. The Morgan fingerprint density at radius 2 is 2.43 bits per heavy atom. The van der Waals surface area contributed by atoms with Crippen LogP contribution in [0.25, 0.3) is 0 Å². The number of aliphatic hydroxyl groups excluding tert-OH is 1. The van der Waals surface area contributed by atoms with E-state index in [1.54, 1.807) is 21.9 Å². The molecule has 2 unspecified atom stereocenters. The van der Waals surface area contributed by atoms with Crippen molar-refractivity contribution in [3.8, 4) is 0 Å². The summed E-state index contributed by atoms with van der Waals surface area (Å²) in [5.41, 5.74) is 0.597. The first kappa shape index (κ1) is 16.1. The average molecular weight is 319 g/mol. The third-order valence-corrected chi connectivity index (χ3v) is 5.12. The standard InChI is InChI=1S/C16H25N5O2/c1-3-5-19(2)16(23)15-10-20-6-4-12(15)7-14(20)9-21-8-13(11-22)17-18-21/h3,8,12,14-15,22H,1,4-7,9-11H2,2H3/t12?,14-,15+/m1/s1. The van der Waals surface area contributed by atoms with E-state index in [0.29, 0.717) is 24.2 Å². The molecule has 2 bridgehead atoms. The summed E-state index contributed by atoms with van der Waals surface area (Å²) < 4.78 is 1.80. The van der Waals surface area contributed by atoms with Gasteiger partial charge in [-0.25, -0.2) is 0 Å². The van der Waals surface area contributed by atoms with Crippen molar-refractivity contribution < 1.29 is 9.90 Å². The predicted octanol–water partition coefficient (Wildman–Crippen LogP) is 0.125. The molecule has 3 saturated heterocycles. The number of carbonyl (C=O) groups excluding carboxylic acids is 1. The number of aliphatic hydroxyl groups is 1. The lowest BCUT2D eigenvalue weighted by atomic mass is 9.75. The molecule has 1 N–H and O–H groups in total. The van der Waals surface area contributed by atoms with Crippen molar-refractivity contribution in [2.75, 3.05) is 26.7 Å². The maximum atomic E-state index is 12.6. The van der Waals surface area contributed by atoms with E-state index in [2.05, 4.69) is 21.8 Å². The quantitative estimate of drug-likeness (QED) is 0.754. The van der Waals surface area contributed by atoms with Gasteiger partial charge in [-0.1, -0.05) is 11.3 Å². The van der Waals surface area contributed by atoms with Crippen LogP contribution in [0.2, 0.25) is 0 Å². The molecular formula is C16H25N5O2. The zero-order valence-corrected chi connectivity index (χ0v) is 13.6. The largest absolute Gasteiger partial charge is 0.390 e. The van der Waals surface area contributed by atoms with E-state index < -0.39 is 0 Å². The first-order valence-corrected chi connectivity index (χ1v) is 8.22. The van der Waals surface area contributed by atoms with Crippen LogP contribution in [0.15, 0.2) is 18.9 Å². The van der Waals surface area contributed by atoms with Gasteiger partial charge in [0, 0.05) is 26.2 Å². The number of rotatable bonds is 6. The highest BCUT2D eigenvalue weighted by Gasteiger charge is 2.43. The lowest BCUT2D eigenvalue weighted by Gasteiger charge is -2.49. The second-order valence-electron chi connectivity index (χ2n) is 6.64. The second kappa shape index (κ2) is 6.80. The summed E-state index contributed by atoms with van der Waals surface area (Å²) in [6.07, 6.45) is 5.68. The lowest BCUT2D eigenvalue weighted by Crippen LogP contribution is -2.58. The van der Waals surface area contributed by atoms with Crippen LogP contribution in [0.1, 0.15) is 18.5 Å². The van der Waals surface area contributed by atoms with E-state index in [9.17, 15) is 4.79 Å². The number of likely N-dealkylation sites (N-methyl/N-ethyl adjacent to an activating group) is 1. The molecule has 0 saturated carbocycles. The van der Waals surface area contributed by atoms with Gasteiger partial charge in [0.15, 0.2) is 0 Å². The lowest BCUT2D eigenvalue weighted by molar-refractivity contribution is -0.142. The van der Waals surface area contributed by atoms with Crippen molar-refractivity contribution in [2.24, 2.45) is 11.8 Å². The number of hydrogen-bond donors (Lipinski definition) is 1. The van der Waals surface area contributed by atoms with Crippen LogP contribution in [0.3, 0.4) is 0 Å². The molecule has 1 aromatic rings. The van der Waals surface area contributed by atoms with E-state index in [-0.39, 0.29) is 18.4 Å². The average Bonchev–Trinajstić information content (AvgIpc) is 3.02. The molecule has 4 atom stereocenters. The maximum Gasteiger partial charge on any atom is 0.227 e. The normalized spacial score (nSPS) is 29.5. The number of nitrogens with zero attached hydrogens (tertiary/aromatic N) is 5. The first-order chi connectivity index (χ1) is 11.1. The minimum Gasteiger partial charge on any atom is -0.390 e. The van der Waals surface area contributed by atoms with Crippen LogP contribution in [0, 0.1) is 11.8 Å². The molecular weight excluding hydrogens is 294 g/mol. The summed E-state index contributed by atoms with van der Waals surface area (Å²) in [5.74, 6) is 0.792. The van der Waals surface area contributed by atoms with Crippen LogP contribution < -0.4 is 0 Å². The molecule has 23 heavy (non-hydrogen) atoms. The maximum absolute atomic E-state index is 12.6. The zero-order valence-electron chi connectivity index (χ0n) is 13.6. The van der Waals surface area contributed by atoms with Gasteiger partial charge in [0.05, 0.1) is 25.3 Å². The number of hydrogen-bond acceptors (Lipinski definition) is 5. The van der Waals surface area contributed by atoms with Gasteiger partial charge in [-0.05, 0) is 25.3 Å². The molecule has 7 nitrogen and oxygen atoms in total. The van der Waals surface area contributed by atoms with Gasteiger partial charge in [0.1, 0.15) is 5.69 Å². The third-order valence-electron chi connectivity index (χ3n) is 5.12. The molecule has 0 aliphatic carbocycles. The van der Waals surface area contributed by atoms with Crippen LogP contribution in [-0.4, -0.2) is 68.5 Å². The Morgan fingerprint density at radius 3 is 3.04 bits per heavy atom. The van der Waals surface area contributed by atoms with Gasteiger partial charge >= 0.3 is 0 Å². The zero-order chi connectivity index (χ0) is 16.4. The summed E-state index contributed by atoms with van der Waals surface area (Å²) in [7, 11) is 1.85. The fourth-order valence-electron chi connectivity index (χ4n) is 3.89. The predicted molar refractivity (Wildman–Crippen MR) is 85.4 cm³/mol. The van der Waals surface area contributed by atoms with E-state index in [0.717, 1.165) is 32.5 Å². The summed E-state index contributed by atoms with van der Waals surface area (Å²) in [6, 6.07) is 0.399. The van der Waals surface area contributed by atoms with Crippen molar-refractivity contribution in [3.05, 3.63) is 24.5 Å². The fraction of sp³-hybridized carbons (Fsp3) is 0.688. The Bertz CT molecular complexity index is 573. The second-order valence-corrected chi connectivity index (χ2v) is 6.64. The van der Waals surface area contributed by atoms with Gasteiger partial charge in [0.2, 0.25) is 5.91 Å². The molecule has 7 heteroatoms. The van der Waals surface area contributed by atoms with Crippen molar-refractivity contribution >= 4 is 5.91 Å². The number of piperidine rings is 3. The molecule has 1 amide bonds. The Kier molecular flexibility index (Phi) is 4.77. The molecule has 0 spiro atoms. The molecule has 0 radical (unpaired) electrons. The number of amides is 1. The fourth-order valence-corrected chi connectivity index (χ4v) is 3.89. The molecule has 3 fully saturated rings. The van der Waals surface area contributed by atoms with Gasteiger partial charge in [-0.15, -0.1) is 11.7 Å². The molecule has 1 aromatic heterocycles. The summed E-state index contributed by atoms with van der Waals surface area (Å²) in [6.45, 7) is 6.88. The SMILES string of the molecule is C=CCN(C)C(=O)[C@H]1CN2CCC1C[C@@H]2Cn1cc(CO)nn1. The molecule has 3 aliphatic heterocycles. The number of carbonyl (C=O) groups is 1. The Hall–Kier alpha value is -1.73. The van der Waals surface area contributed by atoms with Gasteiger partial charge in [-0.2, -0.15) is 0 Å². The minimum absolute atomic E-state index is 0.0801. The summed E-state index contributed by atoms with van der Waals surface area (Å²) in [5, 5.41) is 17.1. The molecule has 0 aromatic carbocycles. The topological polar surface area (TPSA) is 74.5 Å². The summed E-state index contributed by atoms with van der Waals surface area (Å²) >= 11 is 0. The van der Waals surface area contributed by atoms with Gasteiger partial charge in [-0.3, -0.25) is 14.4 Å². The van der Waals surface area contributed by atoms with Crippen LogP contribution >= 0.6 is 0 Å². The van der Waals surface area contributed by atoms with Crippen molar-refractivity contribution in [3.63, 3.8) is 0 Å². The third kappa shape index (κ3) is 3.30. The number of fused-ring (bicyclic) bond motifs is 3. The van der Waals surface area contributed by atoms with Crippen molar-refractivity contribution in [1.82, 2.24) is 24.8 Å². The number of aromatic nitrogens is 3. The van der Waals surface area contributed by atoms with Crippen molar-refractivity contribution in [1.29, 1.82) is 0 Å². The highest BCUT2D eigenvalue weighted by Crippen LogP contribution is 2.37. The highest BCUT2D eigenvalue weighted by atomic mass is 16.3. The van der Waals surface area contributed by atoms with Crippen LogP contribution in [-0.2, 0) is 17.9 Å². The molecule has 3 aliphatic rings. The molecule has 126 valence electrons. The van der Waals surface area contributed by atoms with Gasteiger partial charge in [0.25, 0.3) is 0 Å². The highest BCUT2D eigenvalue weighted by molar-refractivity contribution is 5.79. The van der Waals surface area contributed by atoms with E-state index in [1.807, 2.05) is 7.05 Å². The van der Waals surface area contributed by atoms with E-state index >= 15 is 0 Å². The van der Waals surface area contributed by atoms with E-state index in [1.165, 1.54) is 0 Å². The van der Waals surface area contributed by atoms with Crippen molar-refractivity contribution in [2.45, 2.75) is 32.0 Å². The molecule has 4 rings (SSSR count). The first-order valence-electron chi connectivity index (χ1n) is 8.22. The monoisotopic (exact) mass is 319 g/mol. The Balaban J connectivity index is 1.62. The van der Waals surface area contributed by atoms with Gasteiger partial charge < -0.3 is 10.0 Å². The smallest absolute Gasteiger partial charge is 0.227 e. The Labute approximate surface area is 136 Å². The summed E-state index contributed by atoms with van der Waals surface area (Å²) in [4.78, 5) is 16.8. The Morgan fingerprint density at radius 1 is 1.61 bits per heavy atom. The minimum atomic E-state index is -0.0801. The van der Waals surface area contributed by atoms with E-state index in [4.69, 9.17) is 5.11 Å². The van der Waals surface area contributed by atoms with Crippen LogP contribution in [0.5, 0.6) is 0 Å².